The molecule has 0 spiro atoms. The standard InChI is InChI=1S/C10H18F3NO/c1-14-7-3-5-9(15,8-14)4-2-6-10(11,12)13/h15H,2-8H2,1H3. The van der Waals surface area contributed by atoms with Gasteiger partial charge < -0.3 is 10.0 Å². The molecule has 1 heterocycles. The van der Waals surface area contributed by atoms with Crippen molar-refractivity contribution >= 4 is 0 Å². The summed E-state index contributed by atoms with van der Waals surface area (Å²) < 4.78 is 35.8. The molecule has 1 N–H and O–H groups in total. The third kappa shape index (κ3) is 4.84. The van der Waals surface area contributed by atoms with Crippen molar-refractivity contribution in [2.45, 2.75) is 43.9 Å². The van der Waals surface area contributed by atoms with Crippen molar-refractivity contribution in [2.24, 2.45) is 0 Å². The van der Waals surface area contributed by atoms with Gasteiger partial charge >= 0.3 is 6.18 Å². The number of likely N-dealkylation sites (N-methyl/N-ethyl adjacent to an activating group) is 1. The number of hydrogen-bond acceptors (Lipinski definition) is 2. The first-order chi connectivity index (χ1) is 6.81. The van der Waals surface area contributed by atoms with Gasteiger partial charge in [0.2, 0.25) is 0 Å². The molecule has 0 aliphatic carbocycles. The number of aliphatic hydroxyl groups is 1. The minimum absolute atomic E-state index is 0.0217. The van der Waals surface area contributed by atoms with Crippen LogP contribution in [0.1, 0.15) is 32.1 Å². The molecule has 15 heavy (non-hydrogen) atoms. The van der Waals surface area contributed by atoms with Crippen molar-refractivity contribution in [1.82, 2.24) is 4.90 Å². The van der Waals surface area contributed by atoms with E-state index in [1.165, 1.54) is 0 Å². The second kappa shape index (κ2) is 4.70. The molecule has 90 valence electrons. The highest BCUT2D eigenvalue weighted by molar-refractivity contribution is 4.85. The zero-order valence-electron chi connectivity index (χ0n) is 8.98. The Morgan fingerprint density at radius 2 is 2.07 bits per heavy atom. The Bertz CT molecular complexity index is 207. The molecule has 1 rings (SSSR count). The fraction of sp³-hybridized carbons (Fsp3) is 1.00. The van der Waals surface area contributed by atoms with Gasteiger partial charge in [0.15, 0.2) is 0 Å². The minimum atomic E-state index is -4.10. The van der Waals surface area contributed by atoms with Crippen molar-refractivity contribution in [3.05, 3.63) is 0 Å². The molecule has 2 nitrogen and oxygen atoms in total. The van der Waals surface area contributed by atoms with E-state index in [0.29, 0.717) is 13.0 Å². The largest absolute Gasteiger partial charge is 0.389 e. The quantitative estimate of drug-likeness (QED) is 0.795. The number of β-amino-alcohol motifs (C(OH)–C–C–N with tert-alkyl or cyclic N) is 1. The lowest BCUT2D eigenvalue weighted by atomic mass is 9.88. The average Bonchev–Trinajstić information content (AvgIpc) is 1.99. The summed E-state index contributed by atoms with van der Waals surface area (Å²) in [7, 11) is 1.88. The van der Waals surface area contributed by atoms with E-state index < -0.39 is 18.2 Å². The SMILES string of the molecule is CN1CCCC(O)(CCCC(F)(F)F)C1. The van der Waals surface area contributed by atoms with Crippen LogP contribution >= 0.6 is 0 Å². The van der Waals surface area contributed by atoms with Crippen LogP contribution in [0, 0.1) is 0 Å². The normalized spacial score (nSPS) is 29.4. The number of likely N-dealkylation sites (tertiary alicyclic amines) is 1. The van der Waals surface area contributed by atoms with E-state index >= 15 is 0 Å². The third-order valence-electron chi connectivity index (χ3n) is 2.85. The van der Waals surface area contributed by atoms with E-state index in [1.54, 1.807) is 0 Å². The van der Waals surface area contributed by atoms with E-state index in [1.807, 2.05) is 11.9 Å². The fourth-order valence-corrected chi connectivity index (χ4v) is 2.16. The van der Waals surface area contributed by atoms with Gasteiger partial charge in [-0.15, -0.1) is 0 Å². The molecule has 0 bridgehead atoms. The van der Waals surface area contributed by atoms with Gasteiger partial charge in [0.05, 0.1) is 5.60 Å². The Balaban J connectivity index is 2.30. The summed E-state index contributed by atoms with van der Waals surface area (Å²) in [6.45, 7) is 1.41. The van der Waals surface area contributed by atoms with Crippen molar-refractivity contribution in [3.8, 4) is 0 Å². The van der Waals surface area contributed by atoms with Crippen LogP contribution in [0.3, 0.4) is 0 Å². The summed E-state index contributed by atoms with van der Waals surface area (Å²) in [5.41, 5.74) is -0.905. The number of piperidine rings is 1. The summed E-state index contributed by atoms with van der Waals surface area (Å²) in [6.07, 6.45) is -3.14. The Morgan fingerprint density at radius 1 is 1.40 bits per heavy atom. The Hall–Kier alpha value is -0.290. The number of rotatable bonds is 3. The van der Waals surface area contributed by atoms with E-state index in [0.717, 1.165) is 13.0 Å². The van der Waals surface area contributed by atoms with E-state index in [9.17, 15) is 18.3 Å². The maximum atomic E-state index is 11.9. The average molecular weight is 225 g/mol. The number of hydrogen-bond donors (Lipinski definition) is 1. The van der Waals surface area contributed by atoms with Crippen LogP contribution in [0.15, 0.2) is 0 Å². The Kier molecular flexibility index (Phi) is 4.00. The monoisotopic (exact) mass is 225 g/mol. The fourth-order valence-electron chi connectivity index (χ4n) is 2.16. The van der Waals surface area contributed by atoms with Crippen molar-refractivity contribution < 1.29 is 18.3 Å². The van der Waals surface area contributed by atoms with Crippen molar-refractivity contribution in [2.75, 3.05) is 20.1 Å². The lowest BCUT2D eigenvalue weighted by molar-refractivity contribution is -0.139. The van der Waals surface area contributed by atoms with Crippen LogP contribution in [0.2, 0.25) is 0 Å². The first kappa shape index (κ1) is 12.8. The van der Waals surface area contributed by atoms with Crippen molar-refractivity contribution in [3.63, 3.8) is 0 Å². The van der Waals surface area contributed by atoms with Crippen LogP contribution in [0.25, 0.3) is 0 Å². The third-order valence-corrected chi connectivity index (χ3v) is 2.85. The minimum Gasteiger partial charge on any atom is -0.389 e. The lowest BCUT2D eigenvalue weighted by Crippen LogP contribution is -2.46. The van der Waals surface area contributed by atoms with Gasteiger partial charge in [-0.25, -0.2) is 0 Å². The summed E-state index contributed by atoms with van der Waals surface area (Å²) in [5.74, 6) is 0. The number of halogens is 3. The number of alkyl halides is 3. The molecule has 0 aromatic carbocycles. The van der Waals surface area contributed by atoms with Gasteiger partial charge in [-0.1, -0.05) is 0 Å². The maximum absolute atomic E-state index is 11.9. The highest BCUT2D eigenvalue weighted by Crippen LogP contribution is 2.29. The van der Waals surface area contributed by atoms with E-state index in [-0.39, 0.29) is 12.8 Å². The number of nitrogens with zero attached hydrogens (tertiary/aromatic N) is 1. The predicted molar refractivity (Wildman–Crippen MR) is 51.6 cm³/mol. The zero-order chi connectivity index (χ0) is 11.5. The molecule has 1 aliphatic rings. The lowest BCUT2D eigenvalue weighted by Gasteiger charge is -2.37. The van der Waals surface area contributed by atoms with Crippen LogP contribution in [0.4, 0.5) is 13.2 Å². The van der Waals surface area contributed by atoms with Crippen LogP contribution in [-0.2, 0) is 0 Å². The second-order valence-corrected chi connectivity index (χ2v) is 4.53. The summed E-state index contributed by atoms with van der Waals surface area (Å²) >= 11 is 0. The van der Waals surface area contributed by atoms with Gasteiger partial charge in [-0.3, -0.25) is 0 Å². The first-order valence-electron chi connectivity index (χ1n) is 5.28. The van der Waals surface area contributed by atoms with Crippen LogP contribution in [0.5, 0.6) is 0 Å². The van der Waals surface area contributed by atoms with Gasteiger partial charge in [0, 0.05) is 13.0 Å². The first-order valence-corrected chi connectivity index (χ1v) is 5.28. The summed E-state index contributed by atoms with van der Waals surface area (Å²) in [5, 5.41) is 10.0. The highest BCUT2D eigenvalue weighted by Gasteiger charge is 2.33. The van der Waals surface area contributed by atoms with Crippen LogP contribution < -0.4 is 0 Å². The molecule has 1 saturated heterocycles. The smallest absolute Gasteiger partial charge is 0.389 e. The van der Waals surface area contributed by atoms with Crippen molar-refractivity contribution in [1.29, 1.82) is 0 Å². The maximum Gasteiger partial charge on any atom is 0.389 e. The van der Waals surface area contributed by atoms with Gasteiger partial charge in [-0.05, 0) is 39.3 Å². The molecule has 0 amide bonds. The van der Waals surface area contributed by atoms with E-state index in [4.69, 9.17) is 0 Å². The topological polar surface area (TPSA) is 23.5 Å². The summed E-state index contributed by atoms with van der Waals surface area (Å²) in [4.78, 5) is 1.97. The Morgan fingerprint density at radius 3 is 2.60 bits per heavy atom. The van der Waals surface area contributed by atoms with Gasteiger partial charge in [0.25, 0.3) is 0 Å². The van der Waals surface area contributed by atoms with Gasteiger partial charge in [0.1, 0.15) is 0 Å². The Labute approximate surface area is 88.1 Å². The molecule has 5 heteroatoms. The molecule has 1 aliphatic heterocycles. The molecule has 1 unspecified atom stereocenters. The molecule has 0 aromatic heterocycles. The predicted octanol–water partition coefficient (Wildman–Crippen LogP) is 2.18. The summed E-state index contributed by atoms with van der Waals surface area (Å²) in [6, 6.07) is 0. The molecular formula is C10H18F3NO. The van der Waals surface area contributed by atoms with Crippen LogP contribution in [-0.4, -0.2) is 41.9 Å². The van der Waals surface area contributed by atoms with Gasteiger partial charge in [-0.2, -0.15) is 13.2 Å². The van der Waals surface area contributed by atoms with E-state index in [2.05, 4.69) is 0 Å². The molecular weight excluding hydrogens is 207 g/mol. The highest BCUT2D eigenvalue weighted by atomic mass is 19.4. The molecule has 0 saturated carbocycles. The molecule has 0 aromatic rings. The molecule has 1 fully saturated rings. The molecule has 1 atom stereocenters. The second-order valence-electron chi connectivity index (χ2n) is 4.53. The zero-order valence-corrected chi connectivity index (χ0v) is 8.98. The molecule has 0 radical (unpaired) electrons.